The van der Waals surface area contributed by atoms with Gasteiger partial charge in [0.1, 0.15) is 24.6 Å². The predicted molar refractivity (Wildman–Crippen MR) is 214 cm³/mol. The van der Waals surface area contributed by atoms with Crippen LogP contribution in [0.25, 0.3) is 44.3 Å². The number of anilines is 2. The van der Waals surface area contributed by atoms with Crippen molar-refractivity contribution in [2.24, 2.45) is 0 Å². The number of rotatable bonds is 10. The summed E-state index contributed by atoms with van der Waals surface area (Å²) < 4.78 is 14.4. The molecule has 0 spiro atoms. The first-order valence-corrected chi connectivity index (χ1v) is 17.3. The van der Waals surface area contributed by atoms with Crippen LogP contribution < -0.4 is 20.1 Å². The summed E-state index contributed by atoms with van der Waals surface area (Å²) in [6.07, 6.45) is 3.38. The van der Waals surface area contributed by atoms with E-state index in [0.717, 1.165) is 67.2 Å². The summed E-state index contributed by atoms with van der Waals surface area (Å²) in [6.45, 7) is 0.437. The van der Waals surface area contributed by atoms with Crippen LogP contribution in [-0.4, -0.2) is 45.1 Å². The molecule has 0 saturated heterocycles. The van der Waals surface area contributed by atoms with Gasteiger partial charge >= 0.3 is 0 Å². The molecule has 0 unspecified atom stereocenters. The number of nitrogens with zero attached hydrogens (tertiary/aromatic N) is 4. The fraction of sp³-hybridized carbons (Fsp3) is 0.0909. The third-order valence-corrected chi connectivity index (χ3v) is 8.84. The normalized spacial score (nSPS) is 10.7. The molecular formula is C44H38N6O4. The highest BCUT2D eigenvalue weighted by molar-refractivity contribution is 5.93. The quantitative estimate of drug-likeness (QED) is 0.147. The van der Waals surface area contributed by atoms with Crippen molar-refractivity contribution >= 4 is 45.3 Å². The summed E-state index contributed by atoms with van der Waals surface area (Å²) in [4.78, 5) is 33.4. The van der Waals surface area contributed by atoms with Crippen molar-refractivity contribution in [1.82, 2.24) is 19.1 Å². The van der Waals surface area contributed by atoms with Crippen molar-refractivity contribution in [1.29, 1.82) is 0 Å². The van der Waals surface area contributed by atoms with Gasteiger partial charge in [-0.2, -0.15) is 0 Å². The maximum absolute atomic E-state index is 12.4. The van der Waals surface area contributed by atoms with Gasteiger partial charge < -0.3 is 29.2 Å². The molecule has 2 heterocycles. The number of benzene rings is 6. The number of nitrogens with one attached hydrogen (secondary N) is 2. The van der Waals surface area contributed by atoms with E-state index < -0.39 is 0 Å². The van der Waals surface area contributed by atoms with Gasteiger partial charge in [0.2, 0.25) is 11.8 Å². The highest BCUT2D eigenvalue weighted by Crippen LogP contribution is 2.30. The molecular weight excluding hydrogens is 677 g/mol. The first-order chi connectivity index (χ1) is 26.5. The van der Waals surface area contributed by atoms with Gasteiger partial charge in [-0.3, -0.25) is 9.59 Å². The number of carbonyl (C=O) groups excluding carboxylic acids is 2. The molecule has 10 heteroatoms. The van der Waals surface area contributed by atoms with Crippen LogP contribution >= 0.6 is 0 Å². The van der Waals surface area contributed by atoms with Crippen molar-refractivity contribution in [3.63, 3.8) is 0 Å². The minimum atomic E-state index is -0.0943. The lowest BCUT2D eigenvalue weighted by atomic mass is 10.0. The second-order valence-corrected chi connectivity index (χ2v) is 12.4. The molecule has 54 heavy (non-hydrogen) atoms. The van der Waals surface area contributed by atoms with Crippen LogP contribution in [0.5, 0.6) is 11.5 Å². The van der Waals surface area contributed by atoms with Gasteiger partial charge in [-0.1, -0.05) is 78.9 Å². The second-order valence-electron chi connectivity index (χ2n) is 12.4. The van der Waals surface area contributed by atoms with Crippen LogP contribution in [0, 0.1) is 0 Å². The number of hydrogen-bond donors (Lipinski definition) is 2. The zero-order valence-corrected chi connectivity index (χ0v) is 29.8. The SMILES string of the molecule is COc1cccc(-c2ccc(NC(=O)Cn3cnc4ccccc43)cc2)c1.COc1ccccc1-c1ccc(NC(=O)Cn2cnc3ccccc32)cc1. The smallest absolute Gasteiger partial charge is 0.244 e. The lowest BCUT2D eigenvalue weighted by molar-refractivity contribution is -0.117. The van der Waals surface area contributed by atoms with Gasteiger partial charge in [-0.25, -0.2) is 9.97 Å². The van der Waals surface area contributed by atoms with Gasteiger partial charge in [0.25, 0.3) is 0 Å². The van der Waals surface area contributed by atoms with E-state index in [1.807, 2.05) is 155 Å². The van der Waals surface area contributed by atoms with E-state index >= 15 is 0 Å². The van der Waals surface area contributed by atoms with Crippen LogP contribution in [0.15, 0.2) is 158 Å². The van der Waals surface area contributed by atoms with Gasteiger partial charge in [0.15, 0.2) is 0 Å². The van der Waals surface area contributed by atoms with Crippen molar-refractivity contribution < 1.29 is 19.1 Å². The lowest BCUT2D eigenvalue weighted by Gasteiger charge is -2.10. The van der Waals surface area contributed by atoms with Gasteiger partial charge in [0, 0.05) is 16.9 Å². The number of methoxy groups -OCH3 is 2. The molecule has 0 bridgehead atoms. The maximum Gasteiger partial charge on any atom is 0.244 e. The maximum atomic E-state index is 12.4. The Morgan fingerprint density at radius 3 is 1.61 bits per heavy atom. The lowest BCUT2D eigenvalue weighted by Crippen LogP contribution is -2.18. The van der Waals surface area contributed by atoms with E-state index in [1.165, 1.54) is 0 Å². The summed E-state index contributed by atoms with van der Waals surface area (Å²) in [6, 6.07) is 46.8. The van der Waals surface area contributed by atoms with E-state index in [-0.39, 0.29) is 24.9 Å². The summed E-state index contributed by atoms with van der Waals surface area (Å²) in [5.41, 5.74) is 9.34. The highest BCUT2D eigenvalue weighted by Gasteiger charge is 2.10. The van der Waals surface area contributed by atoms with E-state index in [0.29, 0.717) is 0 Å². The number of para-hydroxylation sites is 5. The third-order valence-electron chi connectivity index (χ3n) is 8.84. The van der Waals surface area contributed by atoms with Crippen LogP contribution in [0.2, 0.25) is 0 Å². The van der Waals surface area contributed by atoms with Crippen LogP contribution in [-0.2, 0) is 22.7 Å². The van der Waals surface area contributed by atoms with Crippen molar-refractivity contribution in [2.45, 2.75) is 13.1 Å². The van der Waals surface area contributed by atoms with Crippen molar-refractivity contribution in [2.75, 3.05) is 24.9 Å². The van der Waals surface area contributed by atoms with E-state index in [9.17, 15) is 9.59 Å². The molecule has 2 aromatic heterocycles. The molecule has 0 radical (unpaired) electrons. The van der Waals surface area contributed by atoms with E-state index in [2.05, 4.69) is 20.6 Å². The molecule has 0 aliphatic heterocycles. The summed E-state index contributed by atoms with van der Waals surface area (Å²) in [5.74, 6) is 1.45. The number of fused-ring (bicyclic) bond motifs is 2. The minimum absolute atomic E-state index is 0.0905. The zero-order valence-electron chi connectivity index (χ0n) is 29.8. The first-order valence-electron chi connectivity index (χ1n) is 17.3. The summed E-state index contributed by atoms with van der Waals surface area (Å²) >= 11 is 0. The molecule has 268 valence electrons. The fourth-order valence-corrected chi connectivity index (χ4v) is 6.15. The molecule has 10 nitrogen and oxygen atoms in total. The zero-order chi connectivity index (χ0) is 37.3. The van der Waals surface area contributed by atoms with E-state index in [1.54, 1.807) is 26.9 Å². The second kappa shape index (κ2) is 16.4. The van der Waals surface area contributed by atoms with Gasteiger partial charge in [0.05, 0.1) is 48.9 Å². The molecule has 0 aliphatic carbocycles. The molecule has 0 fully saturated rings. The molecule has 8 rings (SSSR count). The van der Waals surface area contributed by atoms with Crippen molar-refractivity contribution in [3.8, 4) is 33.8 Å². The number of carbonyl (C=O) groups is 2. The summed E-state index contributed by atoms with van der Waals surface area (Å²) in [7, 11) is 3.31. The minimum Gasteiger partial charge on any atom is -0.497 e. The average Bonchev–Trinajstić information content (AvgIpc) is 3.82. The number of aromatic nitrogens is 4. The average molecular weight is 715 g/mol. The Bertz CT molecular complexity index is 2520. The molecule has 6 aromatic carbocycles. The summed E-state index contributed by atoms with van der Waals surface area (Å²) in [5, 5.41) is 5.87. The molecule has 2 N–H and O–H groups in total. The Hall–Kier alpha value is -7.20. The van der Waals surface area contributed by atoms with E-state index in [4.69, 9.17) is 9.47 Å². The molecule has 0 atom stereocenters. The third kappa shape index (κ3) is 8.29. The van der Waals surface area contributed by atoms with Crippen molar-refractivity contribution in [3.05, 3.63) is 158 Å². The number of amides is 2. The van der Waals surface area contributed by atoms with Gasteiger partial charge in [-0.15, -0.1) is 0 Å². The number of imidazole rings is 2. The Kier molecular flexibility index (Phi) is 10.7. The largest absolute Gasteiger partial charge is 0.497 e. The van der Waals surface area contributed by atoms with Crippen LogP contribution in [0.3, 0.4) is 0 Å². The first kappa shape index (κ1) is 35.2. The predicted octanol–water partition coefficient (Wildman–Crippen LogP) is 8.70. The Balaban J connectivity index is 0.000000167. The Morgan fingerprint density at radius 1 is 0.537 bits per heavy atom. The molecule has 8 aromatic rings. The Morgan fingerprint density at radius 2 is 1.06 bits per heavy atom. The number of ether oxygens (including phenoxy) is 2. The number of hydrogen-bond acceptors (Lipinski definition) is 6. The Labute approximate surface area is 312 Å². The highest BCUT2D eigenvalue weighted by atomic mass is 16.5. The molecule has 0 aliphatic rings. The monoisotopic (exact) mass is 714 g/mol. The molecule has 2 amide bonds. The van der Waals surface area contributed by atoms with Crippen LogP contribution in [0.1, 0.15) is 0 Å². The molecule has 0 saturated carbocycles. The van der Waals surface area contributed by atoms with Gasteiger partial charge in [-0.05, 0) is 83.4 Å². The standard InChI is InChI=1S/2C22H19N3O2/c1-27-21-9-5-2-6-18(21)16-10-12-17(13-11-16)24-22(26)14-25-15-23-19-7-3-4-8-20(19)25;1-27-19-6-4-5-17(13-19)16-9-11-18(12-10-16)24-22(26)14-25-15-23-20-7-2-3-8-21(20)25/h2*2-13,15H,14H2,1H3,(H,24,26). The van der Waals surface area contributed by atoms with Crippen LogP contribution in [0.4, 0.5) is 11.4 Å². The topological polar surface area (TPSA) is 112 Å². The fourth-order valence-electron chi connectivity index (χ4n) is 6.15.